The van der Waals surface area contributed by atoms with Crippen LogP contribution in [0.1, 0.15) is 28.2 Å². The third-order valence-corrected chi connectivity index (χ3v) is 5.92. The van der Waals surface area contributed by atoms with Gasteiger partial charge in [0.05, 0.1) is 19.4 Å². The predicted octanol–water partition coefficient (Wildman–Crippen LogP) is 3.85. The van der Waals surface area contributed by atoms with Gasteiger partial charge in [-0.3, -0.25) is 14.7 Å². The zero-order valence-electron chi connectivity index (χ0n) is 15.7. The van der Waals surface area contributed by atoms with Gasteiger partial charge in [0, 0.05) is 42.8 Å². The minimum Gasteiger partial charge on any atom is -0.379 e. The Morgan fingerprint density at radius 2 is 2.00 bits per heavy atom. The second kappa shape index (κ2) is 8.60. The smallest absolute Gasteiger partial charge is 0.267 e. The van der Waals surface area contributed by atoms with E-state index in [0.717, 1.165) is 42.6 Å². The molecule has 1 atom stereocenters. The number of nitrogens with zero attached hydrogens (tertiary/aromatic N) is 3. The second-order valence-corrected chi connectivity index (χ2v) is 7.70. The summed E-state index contributed by atoms with van der Waals surface area (Å²) < 4.78 is 5.44. The molecule has 3 aromatic rings. The molecule has 6 nitrogen and oxygen atoms in total. The molecule has 7 heteroatoms. The minimum atomic E-state index is -0.144. The molecule has 0 bridgehead atoms. The Morgan fingerprint density at radius 1 is 1.21 bits per heavy atom. The summed E-state index contributed by atoms with van der Waals surface area (Å²) in [5, 5.41) is 3.80. The van der Waals surface area contributed by atoms with Crippen LogP contribution in [-0.2, 0) is 4.74 Å². The zero-order valence-corrected chi connectivity index (χ0v) is 16.5. The van der Waals surface area contributed by atoms with E-state index in [2.05, 4.69) is 33.2 Å². The quantitative estimate of drug-likeness (QED) is 0.712. The van der Waals surface area contributed by atoms with E-state index in [1.807, 2.05) is 30.3 Å². The van der Waals surface area contributed by atoms with Gasteiger partial charge in [-0.15, -0.1) is 11.3 Å². The fourth-order valence-corrected chi connectivity index (χ4v) is 4.07. The number of anilines is 1. The van der Waals surface area contributed by atoms with Gasteiger partial charge in [-0.25, -0.2) is 4.98 Å². The highest BCUT2D eigenvalue weighted by molar-refractivity contribution is 7.17. The summed E-state index contributed by atoms with van der Waals surface area (Å²) in [5.41, 5.74) is 2.93. The summed E-state index contributed by atoms with van der Waals surface area (Å²) in [6, 6.07) is 12.1. The highest BCUT2D eigenvalue weighted by Gasteiger charge is 2.19. The molecule has 1 saturated heterocycles. The Bertz CT molecular complexity index is 938. The van der Waals surface area contributed by atoms with E-state index < -0.39 is 0 Å². The largest absolute Gasteiger partial charge is 0.379 e. The van der Waals surface area contributed by atoms with Crippen LogP contribution in [0.3, 0.4) is 0 Å². The van der Waals surface area contributed by atoms with Crippen molar-refractivity contribution in [2.75, 3.05) is 31.6 Å². The van der Waals surface area contributed by atoms with Crippen LogP contribution in [0.5, 0.6) is 0 Å². The Kier molecular flexibility index (Phi) is 5.76. The summed E-state index contributed by atoms with van der Waals surface area (Å²) in [6.07, 6.45) is 5.06. The molecule has 0 aliphatic carbocycles. The molecular weight excluding hydrogens is 372 g/mol. The molecule has 1 aliphatic heterocycles. The number of ether oxygens (including phenoxy) is 1. The molecule has 1 aliphatic rings. The first kappa shape index (κ1) is 18.7. The fraction of sp³-hybridized carbons (Fsp3) is 0.286. The third kappa shape index (κ3) is 4.27. The maximum absolute atomic E-state index is 12.7. The molecule has 1 aromatic carbocycles. The minimum absolute atomic E-state index is 0.144. The normalized spacial score (nSPS) is 15.9. The van der Waals surface area contributed by atoms with Gasteiger partial charge in [0.15, 0.2) is 0 Å². The molecule has 1 unspecified atom stereocenters. The van der Waals surface area contributed by atoms with Gasteiger partial charge >= 0.3 is 0 Å². The van der Waals surface area contributed by atoms with Gasteiger partial charge < -0.3 is 10.1 Å². The summed E-state index contributed by atoms with van der Waals surface area (Å²) in [5.74, 6) is -0.144. The standard InChI is InChI=1S/C21H22N4O2S/c1-15(25-9-11-27-12-10-25)17-3-2-4-18(13-17)24-20(26)19-14-23-21(28-19)16-5-7-22-8-6-16/h2-8,13-15H,9-12H2,1H3,(H,24,26). The molecule has 2 aromatic heterocycles. The first-order valence-electron chi connectivity index (χ1n) is 9.30. The van der Waals surface area contributed by atoms with E-state index in [1.165, 1.54) is 16.9 Å². The lowest BCUT2D eigenvalue weighted by Gasteiger charge is -2.32. The topological polar surface area (TPSA) is 67.4 Å². The highest BCUT2D eigenvalue weighted by Crippen LogP contribution is 2.27. The summed E-state index contributed by atoms with van der Waals surface area (Å²) >= 11 is 1.37. The van der Waals surface area contributed by atoms with Crippen LogP contribution in [0.4, 0.5) is 5.69 Å². The number of thiazole rings is 1. The number of hydrogen-bond acceptors (Lipinski definition) is 6. The van der Waals surface area contributed by atoms with Crippen molar-refractivity contribution in [3.05, 3.63) is 65.4 Å². The summed E-state index contributed by atoms with van der Waals surface area (Å²) in [4.78, 5) is 24.0. The van der Waals surface area contributed by atoms with Gasteiger partial charge in [0.1, 0.15) is 9.88 Å². The van der Waals surface area contributed by atoms with Gasteiger partial charge in [0.2, 0.25) is 0 Å². The first-order valence-corrected chi connectivity index (χ1v) is 10.1. The van der Waals surface area contributed by atoms with Crippen molar-refractivity contribution >= 4 is 22.9 Å². The van der Waals surface area contributed by atoms with Crippen LogP contribution < -0.4 is 5.32 Å². The number of morpholine rings is 1. The number of hydrogen-bond donors (Lipinski definition) is 1. The number of aromatic nitrogens is 2. The number of pyridine rings is 1. The molecule has 3 heterocycles. The third-order valence-electron chi connectivity index (χ3n) is 4.88. The maximum atomic E-state index is 12.7. The number of carbonyl (C=O) groups excluding carboxylic acids is 1. The molecule has 0 spiro atoms. The van der Waals surface area contributed by atoms with Gasteiger partial charge in [-0.2, -0.15) is 0 Å². The highest BCUT2D eigenvalue weighted by atomic mass is 32.1. The van der Waals surface area contributed by atoms with Crippen molar-refractivity contribution in [3.8, 4) is 10.6 Å². The average Bonchev–Trinajstić information content (AvgIpc) is 3.25. The SMILES string of the molecule is CC(c1cccc(NC(=O)c2cnc(-c3ccncc3)s2)c1)N1CCOCC1. The van der Waals surface area contributed by atoms with Crippen LogP contribution in [0.15, 0.2) is 55.0 Å². The van der Waals surface area contributed by atoms with Crippen LogP contribution in [0.2, 0.25) is 0 Å². The van der Waals surface area contributed by atoms with Crippen molar-refractivity contribution < 1.29 is 9.53 Å². The Morgan fingerprint density at radius 3 is 2.79 bits per heavy atom. The van der Waals surface area contributed by atoms with E-state index in [9.17, 15) is 4.79 Å². The van der Waals surface area contributed by atoms with Crippen LogP contribution >= 0.6 is 11.3 Å². The molecule has 0 radical (unpaired) electrons. The monoisotopic (exact) mass is 394 g/mol. The zero-order chi connectivity index (χ0) is 19.3. The number of amides is 1. The molecular formula is C21H22N4O2S. The lowest BCUT2D eigenvalue weighted by atomic mass is 10.1. The van der Waals surface area contributed by atoms with E-state index in [1.54, 1.807) is 18.6 Å². The number of rotatable bonds is 5. The first-order chi connectivity index (χ1) is 13.7. The van der Waals surface area contributed by atoms with E-state index in [4.69, 9.17) is 4.74 Å². The lowest BCUT2D eigenvalue weighted by Crippen LogP contribution is -2.38. The van der Waals surface area contributed by atoms with Gasteiger partial charge in [0.25, 0.3) is 5.91 Å². The second-order valence-electron chi connectivity index (χ2n) is 6.67. The molecule has 4 rings (SSSR count). The summed E-state index contributed by atoms with van der Waals surface area (Å²) in [7, 11) is 0. The van der Waals surface area contributed by atoms with Gasteiger partial charge in [-0.05, 0) is 36.8 Å². The van der Waals surface area contributed by atoms with Crippen molar-refractivity contribution in [1.82, 2.24) is 14.9 Å². The van der Waals surface area contributed by atoms with E-state index >= 15 is 0 Å². The molecule has 144 valence electrons. The van der Waals surface area contributed by atoms with Crippen molar-refractivity contribution in [3.63, 3.8) is 0 Å². The lowest BCUT2D eigenvalue weighted by molar-refractivity contribution is 0.0199. The van der Waals surface area contributed by atoms with Crippen LogP contribution in [0.25, 0.3) is 10.6 Å². The van der Waals surface area contributed by atoms with Crippen molar-refractivity contribution in [2.45, 2.75) is 13.0 Å². The Balaban J connectivity index is 1.45. The number of benzene rings is 1. The summed E-state index contributed by atoms with van der Waals surface area (Å²) in [6.45, 7) is 5.58. The van der Waals surface area contributed by atoms with Crippen LogP contribution in [0, 0.1) is 0 Å². The molecule has 1 fully saturated rings. The van der Waals surface area contributed by atoms with Crippen LogP contribution in [-0.4, -0.2) is 47.1 Å². The Hall–Kier alpha value is -2.61. The van der Waals surface area contributed by atoms with E-state index in [0.29, 0.717) is 4.88 Å². The number of nitrogens with one attached hydrogen (secondary N) is 1. The van der Waals surface area contributed by atoms with Crippen molar-refractivity contribution in [1.29, 1.82) is 0 Å². The maximum Gasteiger partial charge on any atom is 0.267 e. The predicted molar refractivity (Wildman–Crippen MR) is 111 cm³/mol. The van der Waals surface area contributed by atoms with E-state index in [-0.39, 0.29) is 11.9 Å². The molecule has 1 amide bonds. The average molecular weight is 395 g/mol. The van der Waals surface area contributed by atoms with Crippen molar-refractivity contribution in [2.24, 2.45) is 0 Å². The van der Waals surface area contributed by atoms with Gasteiger partial charge in [-0.1, -0.05) is 12.1 Å². The molecule has 1 N–H and O–H groups in total. The number of carbonyl (C=O) groups is 1. The fourth-order valence-electron chi connectivity index (χ4n) is 3.25. The Labute approximate surface area is 168 Å². The molecule has 28 heavy (non-hydrogen) atoms. The molecule has 0 saturated carbocycles.